The zero-order valence-electron chi connectivity index (χ0n) is 23.5. The maximum absolute atomic E-state index is 14.8. The number of benzene rings is 4. The Morgan fingerprint density at radius 1 is 0.833 bits per heavy atom. The molecule has 1 fully saturated rings. The number of Topliss-reactive ketones (excluding diaryl/α,β-unsaturated/α-hetero) is 3. The normalized spacial score (nSPS) is 21.5. The first kappa shape index (κ1) is 26.3. The minimum atomic E-state index is -1.59. The van der Waals surface area contributed by atoms with Crippen molar-refractivity contribution in [2.45, 2.75) is 38.3 Å². The van der Waals surface area contributed by atoms with Crippen molar-refractivity contribution >= 4 is 29.1 Å². The Morgan fingerprint density at radius 2 is 1.45 bits per heavy atom. The van der Waals surface area contributed by atoms with E-state index in [0.717, 1.165) is 23.2 Å². The summed E-state index contributed by atoms with van der Waals surface area (Å²) in [5.41, 5.74) is 3.08. The topological polar surface area (TPSA) is 54.5 Å². The summed E-state index contributed by atoms with van der Waals surface area (Å²) in [6, 6.07) is 26.6. The number of halogens is 1. The molecule has 2 heterocycles. The molecule has 0 N–H and O–H groups in total. The Morgan fingerprint density at radius 3 is 2.10 bits per heavy atom. The van der Waals surface area contributed by atoms with Gasteiger partial charge in [0.1, 0.15) is 17.3 Å². The zero-order chi connectivity index (χ0) is 29.2. The number of para-hydroxylation sites is 1. The summed E-state index contributed by atoms with van der Waals surface area (Å²) in [4.78, 5) is 46.0. The molecule has 4 aromatic carbocycles. The molecule has 0 unspecified atom stereocenters. The van der Waals surface area contributed by atoms with Crippen LogP contribution in [0.25, 0.3) is 6.08 Å². The van der Waals surface area contributed by atoms with Gasteiger partial charge in [-0.05, 0) is 47.2 Å². The van der Waals surface area contributed by atoms with Crippen molar-refractivity contribution in [3.8, 4) is 0 Å². The fraction of sp³-hybridized carbons (Fsp3) is 0.216. The molecule has 0 radical (unpaired) electrons. The minimum Gasteiger partial charge on any atom is -0.352 e. The predicted molar refractivity (Wildman–Crippen MR) is 162 cm³/mol. The van der Waals surface area contributed by atoms with E-state index in [1.165, 1.54) is 12.1 Å². The van der Waals surface area contributed by atoms with Crippen LogP contribution >= 0.6 is 0 Å². The van der Waals surface area contributed by atoms with Gasteiger partial charge in [0, 0.05) is 28.3 Å². The molecule has 42 heavy (non-hydrogen) atoms. The largest absolute Gasteiger partial charge is 0.352 e. The summed E-state index contributed by atoms with van der Waals surface area (Å²) in [7, 11) is 0. The van der Waals surface area contributed by atoms with E-state index in [9.17, 15) is 18.8 Å². The molecule has 1 aliphatic carbocycles. The van der Waals surface area contributed by atoms with E-state index in [1.54, 1.807) is 36.4 Å². The third kappa shape index (κ3) is 3.69. The minimum absolute atomic E-state index is 0.177. The molecule has 7 rings (SSSR count). The molecule has 3 atom stereocenters. The van der Waals surface area contributed by atoms with Crippen LogP contribution in [0.1, 0.15) is 67.5 Å². The van der Waals surface area contributed by atoms with Crippen LogP contribution in [0.3, 0.4) is 0 Å². The van der Waals surface area contributed by atoms with Crippen molar-refractivity contribution in [3.05, 3.63) is 142 Å². The zero-order valence-corrected chi connectivity index (χ0v) is 23.5. The van der Waals surface area contributed by atoms with E-state index in [2.05, 4.69) is 13.8 Å². The lowest BCUT2D eigenvalue weighted by Gasteiger charge is -2.37. The summed E-state index contributed by atoms with van der Waals surface area (Å²) in [5.74, 6) is -1.57. The van der Waals surface area contributed by atoms with Gasteiger partial charge in [0.25, 0.3) is 0 Å². The highest BCUT2D eigenvalue weighted by atomic mass is 19.1. The van der Waals surface area contributed by atoms with E-state index < -0.39 is 29.2 Å². The summed E-state index contributed by atoms with van der Waals surface area (Å²) >= 11 is 0. The van der Waals surface area contributed by atoms with Crippen LogP contribution in [0.4, 0.5) is 10.1 Å². The number of ketones is 3. The molecular weight excluding hydrogens is 525 g/mol. The second-order valence-electron chi connectivity index (χ2n) is 12.0. The van der Waals surface area contributed by atoms with Crippen LogP contribution in [0.5, 0.6) is 0 Å². The van der Waals surface area contributed by atoms with Crippen LogP contribution in [0, 0.1) is 17.2 Å². The lowest BCUT2D eigenvalue weighted by molar-refractivity contribution is 0.0666. The van der Waals surface area contributed by atoms with Gasteiger partial charge in [-0.25, -0.2) is 4.39 Å². The molecule has 3 aliphatic rings. The summed E-state index contributed by atoms with van der Waals surface area (Å²) in [6.07, 6.45) is 4.74. The Hall–Kier alpha value is -4.64. The first-order chi connectivity index (χ1) is 20.3. The lowest BCUT2D eigenvalue weighted by Crippen LogP contribution is -2.48. The van der Waals surface area contributed by atoms with Gasteiger partial charge in [0.2, 0.25) is 0 Å². The highest BCUT2D eigenvalue weighted by molar-refractivity contribution is 6.32. The molecule has 2 aliphatic heterocycles. The fourth-order valence-corrected chi connectivity index (χ4v) is 7.41. The van der Waals surface area contributed by atoms with Crippen molar-refractivity contribution in [2.24, 2.45) is 11.3 Å². The Balaban J connectivity index is 1.48. The number of nitrogens with zero attached hydrogens (tertiary/aromatic N) is 1. The SMILES string of the molecule is CC(C)Cc1ccc(C(=O)[C@@H]2[C@@H](c3ccc(F)cc3)C3(C(=O)c4ccccc4C3=O)[C@H]3C=Cc4ccccc4N23)cc1. The summed E-state index contributed by atoms with van der Waals surface area (Å²) in [5, 5.41) is 0. The van der Waals surface area contributed by atoms with E-state index in [1.807, 2.05) is 65.6 Å². The third-order valence-electron chi connectivity index (χ3n) is 9.09. The van der Waals surface area contributed by atoms with Gasteiger partial charge < -0.3 is 4.90 Å². The van der Waals surface area contributed by atoms with Crippen molar-refractivity contribution in [1.82, 2.24) is 0 Å². The van der Waals surface area contributed by atoms with Gasteiger partial charge >= 0.3 is 0 Å². The van der Waals surface area contributed by atoms with Gasteiger partial charge in [-0.1, -0.05) is 105 Å². The molecule has 0 aromatic heterocycles. The van der Waals surface area contributed by atoms with Crippen LogP contribution in [0.15, 0.2) is 103 Å². The number of hydrogen-bond donors (Lipinski definition) is 0. The number of fused-ring (bicyclic) bond motifs is 5. The Kier molecular flexibility index (Phi) is 6.09. The first-order valence-corrected chi connectivity index (χ1v) is 14.4. The van der Waals surface area contributed by atoms with E-state index in [0.29, 0.717) is 28.2 Å². The number of carbonyl (C=O) groups excluding carboxylic acids is 3. The highest BCUT2D eigenvalue weighted by Crippen LogP contribution is 2.60. The maximum Gasteiger partial charge on any atom is 0.185 e. The first-order valence-electron chi connectivity index (χ1n) is 14.4. The third-order valence-corrected chi connectivity index (χ3v) is 9.09. The summed E-state index contributed by atoms with van der Waals surface area (Å²) < 4.78 is 14.2. The molecule has 0 bridgehead atoms. The van der Waals surface area contributed by atoms with Gasteiger partial charge in [-0.3, -0.25) is 14.4 Å². The van der Waals surface area contributed by atoms with Crippen LogP contribution < -0.4 is 4.90 Å². The molecular formula is C37H30FNO3. The van der Waals surface area contributed by atoms with Gasteiger partial charge in [-0.2, -0.15) is 0 Å². The van der Waals surface area contributed by atoms with E-state index in [4.69, 9.17) is 0 Å². The van der Waals surface area contributed by atoms with Crippen molar-refractivity contribution < 1.29 is 18.8 Å². The van der Waals surface area contributed by atoms with Crippen LogP contribution in [-0.4, -0.2) is 29.4 Å². The Labute approximate surface area is 244 Å². The van der Waals surface area contributed by atoms with Gasteiger partial charge in [0.05, 0.1) is 6.04 Å². The second kappa shape index (κ2) is 9.73. The molecule has 1 saturated heterocycles. The number of carbonyl (C=O) groups is 3. The standard InChI is InChI=1S/C37H30FNO3/c1-22(2)21-23-11-13-26(14-12-23)34(40)33-32(25-15-18-27(38)19-16-25)37(35(41)28-8-4-5-9-29(28)36(37)42)31-20-17-24-7-3-6-10-30(24)39(31)33/h3-20,22,31-33H,21H2,1-2H3/t31-,32-,33+/m1/s1. The van der Waals surface area contributed by atoms with Gasteiger partial charge in [-0.15, -0.1) is 0 Å². The maximum atomic E-state index is 14.8. The van der Waals surface area contributed by atoms with E-state index in [-0.39, 0.29) is 17.3 Å². The molecule has 4 aromatic rings. The average molecular weight is 556 g/mol. The van der Waals surface area contributed by atoms with Crippen LogP contribution in [0.2, 0.25) is 0 Å². The van der Waals surface area contributed by atoms with Crippen molar-refractivity contribution in [2.75, 3.05) is 4.90 Å². The Bertz CT molecular complexity index is 1730. The monoisotopic (exact) mass is 555 g/mol. The molecule has 4 nitrogen and oxygen atoms in total. The molecule has 0 amide bonds. The quantitative estimate of drug-likeness (QED) is 0.191. The second-order valence-corrected chi connectivity index (χ2v) is 12.0. The number of rotatable bonds is 5. The van der Waals surface area contributed by atoms with Crippen molar-refractivity contribution in [3.63, 3.8) is 0 Å². The van der Waals surface area contributed by atoms with Crippen LogP contribution in [-0.2, 0) is 6.42 Å². The lowest BCUT2D eigenvalue weighted by atomic mass is 9.64. The average Bonchev–Trinajstić information content (AvgIpc) is 3.43. The highest BCUT2D eigenvalue weighted by Gasteiger charge is 2.71. The molecule has 208 valence electrons. The summed E-state index contributed by atoms with van der Waals surface area (Å²) in [6.45, 7) is 4.30. The fourth-order valence-electron chi connectivity index (χ4n) is 7.41. The number of hydrogen-bond acceptors (Lipinski definition) is 4. The van der Waals surface area contributed by atoms with Crippen molar-refractivity contribution in [1.29, 1.82) is 0 Å². The molecule has 5 heteroatoms. The van der Waals surface area contributed by atoms with Gasteiger partial charge in [0.15, 0.2) is 17.3 Å². The number of anilines is 1. The smallest absolute Gasteiger partial charge is 0.185 e. The molecule has 0 saturated carbocycles. The molecule has 1 spiro atoms. The van der Waals surface area contributed by atoms with E-state index >= 15 is 0 Å². The predicted octanol–water partition coefficient (Wildman–Crippen LogP) is 7.34.